The maximum atomic E-state index is 11.2. The van der Waals surface area contributed by atoms with Crippen LogP contribution in [0.25, 0.3) is 0 Å². The van der Waals surface area contributed by atoms with E-state index in [1.165, 1.54) is 0 Å². The number of aromatic nitrogens is 2. The van der Waals surface area contributed by atoms with Crippen LogP contribution in [0.15, 0.2) is 42.7 Å². The van der Waals surface area contributed by atoms with Gasteiger partial charge in [0.2, 0.25) is 0 Å². The first-order chi connectivity index (χ1) is 13.0. The van der Waals surface area contributed by atoms with E-state index in [4.69, 9.17) is 9.47 Å². The van der Waals surface area contributed by atoms with Crippen molar-refractivity contribution in [3.8, 4) is 11.8 Å². The highest BCUT2D eigenvalue weighted by Gasteiger charge is 2.68. The molecule has 0 amide bonds. The van der Waals surface area contributed by atoms with Gasteiger partial charge < -0.3 is 14.6 Å². The van der Waals surface area contributed by atoms with Gasteiger partial charge in [0.15, 0.2) is 0 Å². The number of hydrogen-bond donors (Lipinski definition) is 1. The summed E-state index contributed by atoms with van der Waals surface area (Å²) in [6.07, 6.45) is 6.30. The molecule has 2 saturated carbocycles. The molecule has 1 N–H and O–H groups in total. The molecule has 5 rings (SSSR count). The molecule has 1 spiro atoms. The molecule has 0 radical (unpaired) electrons. The standard InChI is InChI=1S/C22H26N2O3/c1-21(2)15-12-17-18(26-10-7-22(17,13-15)19(21)25)14-5-3-6-16(11-14)27-20-23-8-4-9-24-20/h3-6,8-9,11,15,17-19,25H,7,10,12-13H2,1-2H3/t15-,17-,18-,19-,22?/m1/s1. The lowest BCUT2D eigenvalue weighted by Gasteiger charge is -2.51. The molecule has 1 unspecified atom stereocenters. The molecule has 2 aromatic rings. The number of ether oxygens (including phenoxy) is 2. The summed E-state index contributed by atoms with van der Waals surface area (Å²) in [6, 6.07) is 10.1. The van der Waals surface area contributed by atoms with E-state index in [2.05, 4.69) is 29.9 Å². The lowest BCUT2D eigenvalue weighted by atomic mass is 9.60. The van der Waals surface area contributed by atoms with Crippen LogP contribution in [0.3, 0.4) is 0 Å². The van der Waals surface area contributed by atoms with Gasteiger partial charge in [-0.05, 0) is 60.3 Å². The normalized spacial score (nSPS) is 36.4. The van der Waals surface area contributed by atoms with Crippen molar-refractivity contribution in [1.82, 2.24) is 9.97 Å². The van der Waals surface area contributed by atoms with Crippen LogP contribution in [-0.4, -0.2) is 27.8 Å². The molecule has 5 nitrogen and oxygen atoms in total. The van der Waals surface area contributed by atoms with Crippen LogP contribution >= 0.6 is 0 Å². The second-order valence-electron chi connectivity index (χ2n) is 8.95. The van der Waals surface area contributed by atoms with Gasteiger partial charge in [0.05, 0.1) is 12.2 Å². The molecular weight excluding hydrogens is 340 g/mol. The lowest BCUT2D eigenvalue weighted by molar-refractivity contribution is -0.164. The number of fused-ring (bicyclic) bond motifs is 1. The van der Waals surface area contributed by atoms with Crippen LogP contribution in [-0.2, 0) is 4.74 Å². The zero-order valence-electron chi connectivity index (χ0n) is 15.8. The summed E-state index contributed by atoms with van der Waals surface area (Å²) in [7, 11) is 0. The van der Waals surface area contributed by atoms with E-state index in [-0.39, 0.29) is 23.0 Å². The van der Waals surface area contributed by atoms with Gasteiger partial charge in [-0.2, -0.15) is 0 Å². The summed E-state index contributed by atoms with van der Waals surface area (Å²) >= 11 is 0. The summed E-state index contributed by atoms with van der Waals surface area (Å²) in [4.78, 5) is 8.26. The first-order valence-corrected chi connectivity index (χ1v) is 9.85. The minimum absolute atomic E-state index is 0.00349. The number of benzene rings is 1. The molecule has 3 fully saturated rings. The van der Waals surface area contributed by atoms with Crippen molar-refractivity contribution in [3.63, 3.8) is 0 Å². The Balaban J connectivity index is 1.43. The van der Waals surface area contributed by atoms with E-state index in [1.54, 1.807) is 18.5 Å². The Bertz CT molecular complexity index is 840. The van der Waals surface area contributed by atoms with Gasteiger partial charge in [-0.1, -0.05) is 26.0 Å². The first-order valence-electron chi connectivity index (χ1n) is 9.85. The van der Waals surface area contributed by atoms with Crippen molar-refractivity contribution >= 4 is 0 Å². The third kappa shape index (κ3) is 2.52. The van der Waals surface area contributed by atoms with Gasteiger partial charge in [-0.25, -0.2) is 9.97 Å². The van der Waals surface area contributed by atoms with E-state index < -0.39 is 0 Å². The highest BCUT2D eigenvalue weighted by Crippen LogP contribution is 2.70. The van der Waals surface area contributed by atoms with Gasteiger partial charge >= 0.3 is 6.01 Å². The van der Waals surface area contributed by atoms with Gasteiger partial charge in [0, 0.05) is 24.4 Å². The molecule has 2 bridgehead atoms. The van der Waals surface area contributed by atoms with Crippen LogP contribution in [0.2, 0.25) is 0 Å². The molecule has 5 atom stereocenters. The fourth-order valence-electron chi connectivity index (χ4n) is 5.95. The summed E-state index contributed by atoms with van der Waals surface area (Å²) in [5, 5.41) is 11.2. The molecule has 3 aliphatic rings. The van der Waals surface area contributed by atoms with Gasteiger partial charge in [-0.3, -0.25) is 0 Å². The molecule has 1 aliphatic heterocycles. The first kappa shape index (κ1) is 17.1. The zero-order chi connectivity index (χ0) is 18.6. The number of aliphatic hydroxyl groups excluding tert-OH is 1. The molecule has 142 valence electrons. The molecule has 5 heteroatoms. The topological polar surface area (TPSA) is 64.5 Å². The van der Waals surface area contributed by atoms with E-state index in [0.717, 1.165) is 24.8 Å². The lowest BCUT2D eigenvalue weighted by Crippen LogP contribution is -2.51. The largest absolute Gasteiger partial charge is 0.424 e. The van der Waals surface area contributed by atoms with Crippen LogP contribution in [0.5, 0.6) is 11.8 Å². The van der Waals surface area contributed by atoms with Crippen molar-refractivity contribution in [3.05, 3.63) is 48.3 Å². The highest BCUT2D eigenvalue weighted by atomic mass is 16.5. The minimum atomic E-state index is -0.252. The predicted octanol–water partition coefficient (Wildman–Crippen LogP) is 4.14. The molecule has 27 heavy (non-hydrogen) atoms. The smallest absolute Gasteiger partial charge is 0.321 e. The van der Waals surface area contributed by atoms with Crippen molar-refractivity contribution in [2.24, 2.45) is 22.7 Å². The SMILES string of the molecule is CC1(C)[C@@H]2C[C@@H]3[C@@H](c4cccc(Oc5ncccn5)c4)OCCC3(C2)[C@@H]1O. The number of aliphatic hydroxyl groups is 1. The van der Waals surface area contributed by atoms with Crippen molar-refractivity contribution in [2.75, 3.05) is 6.61 Å². The van der Waals surface area contributed by atoms with E-state index in [1.807, 2.05) is 18.2 Å². The molecule has 1 saturated heterocycles. The van der Waals surface area contributed by atoms with Crippen molar-refractivity contribution in [2.45, 2.75) is 45.3 Å². The Hall–Kier alpha value is -1.98. The van der Waals surface area contributed by atoms with Crippen molar-refractivity contribution in [1.29, 1.82) is 0 Å². The fourth-order valence-corrected chi connectivity index (χ4v) is 5.95. The van der Waals surface area contributed by atoms with Crippen LogP contribution in [0, 0.1) is 22.7 Å². The van der Waals surface area contributed by atoms with E-state index in [0.29, 0.717) is 30.2 Å². The second kappa shape index (κ2) is 6.01. The Morgan fingerprint density at radius 1 is 1.19 bits per heavy atom. The summed E-state index contributed by atoms with van der Waals surface area (Å²) in [6.45, 7) is 5.16. The zero-order valence-corrected chi connectivity index (χ0v) is 15.8. The average molecular weight is 366 g/mol. The maximum absolute atomic E-state index is 11.2. The average Bonchev–Trinajstić information content (AvgIpc) is 3.16. The predicted molar refractivity (Wildman–Crippen MR) is 100 cm³/mol. The quantitative estimate of drug-likeness (QED) is 0.884. The monoisotopic (exact) mass is 366 g/mol. The summed E-state index contributed by atoms with van der Waals surface area (Å²) < 4.78 is 12.1. The Labute approximate surface area is 159 Å². The third-order valence-electron chi connectivity index (χ3n) is 7.37. The van der Waals surface area contributed by atoms with Gasteiger partial charge in [-0.15, -0.1) is 0 Å². The Kier molecular flexibility index (Phi) is 3.82. The highest BCUT2D eigenvalue weighted by molar-refractivity contribution is 5.33. The molecule has 1 aromatic heterocycles. The van der Waals surface area contributed by atoms with Crippen LogP contribution < -0.4 is 4.74 Å². The molecule has 2 aliphatic carbocycles. The second-order valence-corrected chi connectivity index (χ2v) is 8.95. The molecule has 2 heterocycles. The summed E-state index contributed by atoms with van der Waals surface area (Å²) in [5.41, 5.74) is 1.12. The van der Waals surface area contributed by atoms with Crippen molar-refractivity contribution < 1.29 is 14.6 Å². The van der Waals surface area contributed by atoms with Gasteiger partial charge in [0.25, 0.3) is 0 Å². The van der Waals surface area contributed by atoms with E-state index >= 15 is 0 Å². The maximum Gasteiger partial charge on any atom is 0.321 e. The Morgan fingerprint density at radius 2 is 2.00 bits per heavy atom. The van der Waals surface area contributed by atoms with Gasteiger partial charge in [0.1, 0.15) is 5.75 Å². The number of nitrogens with zero attached hydrogens (tertiary/aromatic N) is 2. The fraction of sp³-hybridized carbons (Fsp3) is 0.545. The van der Waals surface area contributed by atoms with Crippen LogP contribution in [0.1, 0.15) is 44.8 Å². The minimum Gasteiger partial charge on any atom is -0.424 e. The Morgan fingerprint density at radius 3 is 2.78 bits per heavy atom. The molecule has 1 aromatic carbocycles. The number of rotatable bonds is 3. The molecular formula is C22H26N2O3. The van der Waals surface area contributed by atoms with E-state index in [9.17, 15) is 5.11 Å². The summed E-state index contributed by atoms with van der Waals surface area (Å²) in [5.74, 6) is 1.65. The van der Waals surface area contributed by atoms with Crippen LogP contribution in [0.4, 0.5) is 0 Å². The number of hydrogen-bond acceptors (Lipinski definition) is 5. The third-order valence-corrected chi connectivity index (χ3v) is 7.37.